The van der Waals surface area contributed by atoms with Gasteiger partial charge in [0.15, 0.2) is 0 Å². The van der Waals surface area contributed by atoms with Crippen LogP contribution in [0.4, 0.5) is 13.6 Å². The highest BCUT2D eigenvalue weighted by Crippen LogP contribution is 2.65. The third-order valence-corrected chi connectivity index (χ3v) is 11.7. The molecule has 0 radical (unpaired) electrons. The van der Waals surface area contributed by atoms with Crippen LogP contribution >= 0.6 is 0 Å². The fourth-order valence-corrected chi connectivity index (χ4v) is 7.34. The number of likely N-dealkylation sites (tertiary alicyclic amines) is 1. The van der Waals surface area contributed by atoms with E-state index in [2.05, 4.69) is 21.3 Å². The number of carbonyl (C=O) groups is 4. The average molecular weight is 757 g/mol. The van der Waals surface area contributed by atoms with Gasteiger partial charge in [-0.05, 0) is 40.1 Å². The Kier molecular flexibility index (Phi) is 13.5. The Bertz CT molecular complexity index is 1550. The summed E-state index contributed by atoms with van der Waals surface area (Å²) < 4.78 is 52.9. The van der Waals surface area contributed by atoms with Crippen LogP contribution in [0.3, 0.4) is 0 Å². The summed E-state index contributed by atoms with van der Waals surface area (Å²) in [5, 5.41) is 20.6. The van der Waals surface area contributed by atoms with E-state index in [1.54, 1.807) is 45.0 Å². The van der Waals surface area contributed by atoms with E-state index < -0.39 is 94.3 Å². The Morgan fingerprint density at radius 1 is 0.981 bits per heavy atom. The van der Waals surface area contributed by atoms with E-state index >= 15 is 0 Å². The molecule has 7 atom stereocenters. The molecule has 0 spiro atoms. The van der Waals surface area contributed by atoms with Gasteiger partial charge in [0.1, 0.15) is 18.1 Å². The first-order chi connectivity index (χ1) is 23.8. The highest BCUT2D eigenvalue weighted by Gasteiger charge is 2.70. The normalized spacial score (nSPS) is 22.2. The van der Waals surface area contributed by atoms with Crippen molar-refractivity contribution in [3.63, 3.8) is 0 Å². The predicted molar refractivity (Wildman–Crippen MR) is 194 cm³/mol. The monoisotopic (exact) mass is 756 g/mol. The zero-order chi connectivity index (χ0) is 39.6. The lowest BCUT2D eigenvalue weighted by Crippen LogP contribution is -2.63. The van der Waals surface area contributed by atoms with Crippen LogP contribution in [0.25, 0.3) is 0 Å². The minimum atomic E-state index is -3.55. The number of likely N-dealkylation sites (N-methyl/N-ethyl adjacent to an activating group) is 1. The van der Waals surface area contributed by atoms with E-state index in [1.807, 2.05) is 40.7 Å². The first-order valence-corrected chi connectivity index (χ1v) is 19.5. The van der Waals surface area contributed by atoms with Crippen LogP contribution in [-0.2, 0) is 30.8 Å². The molecule has 1 aliphatic heterocycles. The van der Waals surface area contributed by atoms with Gasteiger partial charge in [-0.3, -0.25) is 14.4 Å². The number of hydrogen-bond acceptors (Lipinski definition) is 7. The highest BCUT2D eigenvalue weighted by molar-refractivity contribution is 7.88. The van der Waals surface area contributed by atoms with Crippen LogP contribution < -0.4 is 21.3 Å². The number of carbonyl (C=O) groups excluding carboxylic acids is 4. The minimum absolute atomic E-state index is 0.0185. The Morgan fingerprint density at radius 2 is 1.58 bits per heavy atom. The topological polar surface area (TPSA) is 177 Å². The molecule has 16 heteroatoms. The molecule has 294 valence electrons. The van der Waals surface area contributed by atoms with Crippen LogP contribution in [-0.4, -0.2) is 116 Å². The first-order valence-electron chi connectivity index (χ1n) is 17.6. The molecule has 5 N–H and O–H groups in total. The van der Waals surface area contributed by atoms with Crippen molar-refractivity contribution in [3.05, 3.63) is 35.9 Å². The van der Waals surface area contributed by atoms with Crippen LogP contribution in [0.1, 0.15) is 67.4 Å². The summed E-state index contributed by atoms with van der Waals surface area (Å²) in [6, 6.07) is 2.99. The smallest absolute Gasteiger partial charge is 0.315 e. The van der Waals surface area contributed by atoms with Crippen molar-refractivity contribution < 1.29 is 41.5 Å². The maximum atomic E-state index is 14.4. The number of aliphatic hydroxyl groups is 1. The summed E-state index contributed by atoms with van der Waals surface area (Å²) in [7, 11) is -2.14. The number of rotatable bonds is 15. The average Bonchev–Trinajstić information content (AvgIpc) is 3.31. The largest absolute Gasteiger partial charge is 0.394 e. The molecule has 3 rings (SSSR count). The second-order valence-electron chi connectivity index (χ2n) is 17.0. The van der Waals surface area contributed by atoms with E-state index in [-0.39, 0.29) is 36.8 Å². The van der Waals surface area contributed by atoms with Gasteiger partial charge in [0.05, 0.1) is 18.9 Å². The molecule has 1 aromatic carbocycles. The summed E-state index contributed by atoms with van der Waals surface area (Å²) >= 11 is 0. The molecular weight excluding hydrogens is 698 g/mol. The molecular formula is C36H58F2N6O7S. The summed E-state index contributed by atoms with van der Waals surface area (Å²) in [6.07, 6.45) is -2.61. The lowest BCUT2D eigenvalue weighted by Gasteiger charge is -2.39. The highest BCUT2D eigenvalue weighted by atomic mass is 32.2. The van der Waals surface area contributed by atoms with Crippen molar-refractivity contribution in [2.24, 2.45) is 28.1 Å². The molecule has 0 unspecified atom stereocenters. The third kappa shape index (κ3) is 10.8. The molecule has 1 heterocycles. The van der Waals surface area contributed by atoms with Gasteiger partial charge in [-0.15, -0.1) is 0 Å². The zero-order valence-electron chi connectivity index (χ0n) is 32.0. The molecule has 2 aliphatic rings. The van der Waals surface area contributed by atoms with Crippen LogP contribution in [0, 0.1) is 28.1 Å². The van der Waals surface area contributed by atoms with Gasteiger partial charge in [-0.1, -0.05) is 85.7 Å². The SMILES string of the molecule is CN(C[C@@H](NC(=O)N[C@H](C(=O)N1C[C@H]2[C@@H]([C@H]1C(=O)N[C@@H](CC(F)F)C(=O)N[C@H](CO)Cc1ccccc1)C2(C)C)C(C)(C)C)C(C)(C)C)S(C)(=O)=O. The number of fused-ring (bicyclic) bond motifs is 1. The molecule has 13 nitrogen and oxygen atoms in total. The Labute approximate surface area is 307 Å². The molecule has 1 aromatic rings. The van der Waals surface area contributed by atoms with Gasteiger partial charge in [0, 0.05) is 32.6 Å². The zero-order valence-corrected chi connectivity index (χ0v) is 32.8. The van der Waals surface area contributed by atoms with Crippen molar-refractivity contribution in [2.75, 3.05) is 33.0 Å². The Morgan fingerprint density at radius 3 is 2.08 bits per heavy atom. The standard InChI is InChI=1S/C36H58F2N6O7S/c1-34(2,3)25(19-43(9)52(10,50)51)41-33(49)42-29(35(4,5)6)32(48)44-18-23-27(36(23,7)8)28(44)31(47)40-24(17-26(37)38)30(46)39-22(20-45)16-21-14-12-11-13-15-21/h11-15,22-29,45H,16-20H2,1-10H3,(H,39,46)(H,40,47)(H2,41,42,49)/t22-,23-,24-,25+,27-,28-,29+/m0/s1. The second kappa shape index (κ2) is 16.3. The number of benzene rings is 1. The van der Waals surface area contributed by atoms with Crippen molar-refractivity contribution in [1.29, 1.82) is 0 Å². The molecule has 5 amide bonds. The fourth-order valence-electron chi connectivity index (χ4n) is 6.92. The van der Waals surface area contributed by atoms with E-state index in [0.717, 1.165) is 16.1 Å². The Hall–Kier alpha value is -3.37. The number of halogens is 2. The van der Waals surface area contributed by atoms with Gasteiger partial charge in [0.2, 0.25) is 34.2 Å². The van der Waals surface area contributed by atoms with Crippen molar-refractivity contribution in [1.82, 2.24) is 30.5 Å². The molecule has 1 saturated heterocycles. The fraction of sp³-hybridized carbons (Fsp3) is 0.722. The summed E-state index contributed by atoms with van der Waals surface area (Å²) in [4.78, 5) is 56.6. The van der Waals surface area contributed by atoms with Gasteiger partial charge < -0.3 is 31.3 Å². The van der Waals surface area contributed by atoms with Gasteiger partial charge in [-0.2, -0.15) is 0 Å². The number of nitrogens with zero attached hydrogens (tertiary/aromatic N) is 2. The van der Waals surface area contributed by atoms with Crippen LogP contribution in [0.2, 0.25) is 0 Å². The summed E-state index contributed by atoms with van der Waals surface area (Å²) in [5.74, 6) is -2.59. The molecule has 0 bridgehead atoms. The molecule has 52 heavy (non-hydrogen) atoms. The number of hydrogen-bond donors (Lipinski definition) is 5. The molecule has 2 fully saturated rings. The number of aliphatic hydroxyl groups excluding tert-OH is 1. The van der Waals surface area contributed by atoms with Crippen LogP contribution in [0.5, 0.6) is 0 Å². The molecule has 0 aromatic heterocycles. The van der Waals surface area contributed by atoms with E-state index in [1.165, 1.54) is 11.9 Å². The number of piperidine rings is 1. The molecule has 1 saturated carbocycles. The number of nitrogens with one attached hydrogen (secondary N) is 4. The first kappa shape index (κ1) is 43.0. The number of urea groups is 1. The van der Waals surface area contributed by atoms with Gasteiger partial charge >= 0.3 is 6.03 Å². The predicted octanol–water partition coefficient (Wildman–Crippen LogP) is 2.35. The third-order valence-electron chi connectivity index (χ3n) is 10.4. The van der Waals surface area contributed by atoms with Gasteiger partial charge in [0.25, 0.3) is 0 Å². The minimum Gasteiger partial charge on any atom is -0.394 e. The Balaban J connectivity index is 1.83. The van der Waals surface area contributed by atoms with E-state index in [0.29, 0.717) is 0 Å². The lowest BCUT2D eigenvalue weighted by molar-refractivity contribution is -0.144. The van der Waals surface area contributed by atoms with Crippen molar-refractivity contribution in [2.45, 2.75) is 105 Å². The van der Waals surface area contributed by atoms with Crippen molar-refractivity contribution in [3.8, 4) is 0 Å². The number of alkyl halides is 2. The van der Waals surface area contributed by atoms with Crippen molar-refractivity contribution >= 4 is 33.8 Å². The number of amides is 5. The van der Waals surface area contributed by atoms with E-state index in [4.69, 9.17) is 0 Å². The maximum absolute atomic E-state index is 14.4. The van der Waals surface area contributed by atoms with E-state index in [9.17, 15) is 41.5 Å². The summed E-state index contributed by atoms with van der Waals surface area (Å²) in [6.45, 7) is 14.4. The summed E-state index contributed by atoms with van der Waals surface area (Å²) in [5.41, 5.74) is -0.953. The van der Waals surface area contributed by atoms with Crippen LogP contribution in [0.15, 0.2) is 30.3 Å². The number of sulfonamides is 1. The lowest BCUT2D eigenvalue weighted by atomic mass is 9.85. The second-order valence-corrected chi connectivity index (χ2v) is 19.1. The quantitative estimate of drug-likeness (QED) is 0.183. The molecule has 1 aliphatic carbocycles. The van der Waals surface area contributed by atoms with Gasteiger partial charge in [-0.25, -0.2) is 26.3 Å². The maximum Gasteiger partial charge on any atom is 0.315 e.